The van der Waals surface area contributed by atoms with Gasteiger partial charge in [-0.3, -0.25) is 0 Å². The lowest BCUT2D eigenvalue weighted by Gasteiger charge is -2.34. The average molecular weight is 433 g/mol. The Hall–Kier alpha value is -2.49. The first kappa shape index (κ1) is 19.8. The topological polar surface area (TPSA) is 84.2 Å². The van der Waals surface area contributed by atoms with Crippen molar-refractivity contribution in [2.24, 2.45) is 0 Å². The molecular weight excluding hydrogens is 412 g/mol. The van der Waals surface area contributed by atoms with Crippen LogP contribution in [-0.2, 0) is 10.0 Å². The number of aryl methyl sites for hydroxylation is 2. The predicted octanol–water partition coefficient (Wildman–Crippen LogP) is 2.44. The van der Waals surface area contributed by atoms with Crippen molar-refractivity contribution in [2.45, 2.75) is 18.7 Å². The third-order valence-electron chi connectivity index (χ3n) is 4.88. The molecule has 0 radical (unpaired) electrons. The van der Waals surface area contributed by atoms with Gasteiger partial charge in [0.25, 0.3) is 0 Å². The van der Waals surface area contributed by atoms with E-state index in [1.807, 2.05) is 36.9 Å². The molecule has 8 nitrogen and oxygen atoms in total. The molecule has 0 unspecified atom stereocenters. The number of benzene rings is 1. The van der Waals surface area contributed by atoms with Gasteiger partial charge in [-0.1, -0.05) is 11.6 Å². The van der Waals surface area contributed by atoms with Gasteiger partial charge >= 0.3 is 0 Å². The van der Waals surface area contributed by atoms with Gasteiger partial charge in [0.1, 0.15) is 0 Å². The first-order valence-corrected chi connectivity index (χ1v) is 11.0. The van der Waals surface area contributed by atoms with Crippen LogP contribution in [0.5, 0.6) is 0 Å². The Morgan fingerprint density at radius 3 is 2.07 bits per heavy atom. The maximum absolute atomic E-state index is 12.8. The fraction of sp³-hybridized carbons (Fsp3) is 0.316. The summed E-state index contributed by atoms with van der Waals surface area (Å²) in [5.74, 6) is 1.38. The number of hydrogen-bond donors (Lipinski definition) is 0. The minimum atomic E-state index is -3.53. The predicted molar refractivity (Wildman–Crippen MR) is 111 cm³/mol. The maximum Gasteiger partial charge on any atom is 0.243 e. The minimum Gasteiger partial charge on any atom is -0.352 e. The second-order valence-electron chi connectivity index (χ2n) is 6.93. The first-order valence-electron chi connectivity index (χ1n) is 9.22. The lowest BCUT2D eigenvalue weighted by atomic mass is 10.3. The van der Waals surface area contributed by atoms with Gasteiger partial charge in [0.05, 0.1) is 10.6 Å². The van der Waals surface area contributed by atoms with Gasteiger partial charge in [0, 0.05) is 36.9 Å². The SMILES string of the molecule is Cc1cc(C)n(-c2ccc(N3CCN(S(=O)(=O)c4ccc(Cl)cc4)CC3)nn2)n1. The summed E-state index contributed by atoms with van der Waals surface area (Å²) in [6, 6.07) is 12.0. The molecule has 0 amide bonds. The van der Waals surface area contributed by atoms with Gasteiger partial charge in [0.15, 0.2) is 11.6 Å². The number of nitrogens with zero attached hydrogens (tertiary/aromatic N) is 6. The molecule has 4 rings (SSSR count). The lowest BCUT2D eigenvalue weighted by molar-refractivity contribution is 0.383. The van der Waals surface area contributed by atoms with Gasteiger partial charge in [-0.25, -0.2) is 13.1 Å². The van der Waals surface area contributed by atoms with Crippen molar-refractivity contribution < 1.29 is 8.42 Å². The Balaban J connectivity index is 1.44. The molecule has 0 atom stereocenters. The lowest BCUT2D eigenvalue weighted by Crippen LogP contribution is -2.49. The van der Waals surface area contributed by atoms with Crippen molar-refractivity contribution >= 4 is 27.4 Å². The quantitative estimate of drug-likeness (QED) is 0.629. The van der Waals surface area contributed by atoms with Crippen LogP contribution in [-0.4, -0.2) is 58.9 Å². The Morgan fingerprint density at radius 2 is 1.52 bits per heavy atom. The van der Waals surface area contributed by atoms with Gasteiger partial charge in [-0.05, 0) is 56.3 Å². The van der Waals surface area contributed by atoms with E-state index in [9.17, 15) is 8.42 Å². The molecule has 0 N–H and O–H groups in total. The third-order valence-corrected chi connectivity index (χ3v) is 7.04. The average Bonchev–Trinajstić information content (AvgIpc) is 3.06. The van der Waals surface area contributed by atoms with E-state index >= 15 is 0 Å². The highest BCUT2D eigenvalue weighted by Crippen LogP contribution is 2.21. The van der Waals surface area contributed by atoms with Crippen molar-refractivity contribution in [1.82, 2.24) is 24.3 Å². The molecule has 0 spiro atoms. The van der Waals surface area contributed by atoms with Crippen LogP contribution in [0.15, 0.2) is 47.4 Å². The van der Waals surface area contributed by atoms with E-state index in [1.54, 1.807) is 16.8 Å². The molecule has 1 fully saturated rings. The van der Waals surface area contributed by atoms with Crippen molar-refractivity contribution in [3.63, 3.8) is 0 Å². The fourth-order valence-electron chi connectivity index (χ4n) is 3.37. The fourth-order valence-corrected chi connectivity index (χ4v) is 4.92. The summed E-state index contributed by atoms with van der Waals surface area (Å²) in [4.78, 5) is 2.29. The highest BCUT2D eigenvalue weighted by atomic mass is 35.5. The zero-order valence-electron chi connectivity index (χ0n) is 16.2. The van der Waals surface area contributed by atoms with Crippen molar-refractivity contribution in [2.75, 3.05) is 31.1 Å². The van der Waals surface area contributed by atoms with Gasteiger partial charge in [0.2, 0.25) is 10.0 Å². The van der Waals surface area contributed by atoms with Crippen LogP contribution in [0.25, 0.3) is 5.82 Å². The molecule has 29 heavy (non-hydrogen) atoms. The second-order valence-corrected chi connectivity index (χ2v) is 9.31. The second kappa shape index (κ2) is 7.74. The van der Waals surface area contributed by atoms with E-state index in [0.717, 1.165) is 17.2 Å². The van der Waals surface area contributed by atoms with Gasteiger partial charge in [-0.15, -0.1) is 10.2 Å². The van der Waals surface area contributed by atoms with Crippen molar-refractivity contribution in [3.8, 4) is 5.82 Å². The Bertz CT molecular complexity index is 1100. The van der Waals surface area contributed by atoms with Crippen LogP contribution in [0.3, 0.4) is 0 Å². The van der Waals surface area contributed by atoms with E-state index in [2.05, 4.69) is 15.3 Å². The molecule has 10 heteroatoms. The molecule has 1 aliphatic rings. The number of anilines is 1. The largest absolute Gasteiger partial charge is 0.352 e. The maximum atomic E-state index is 12.8. The number of halogens is 1. The van der Waals surface area contributed by atoms with Crippen molar-refractivity contribution in [3.05, 3.63) is 58.9 Å². The summed E-state index contributed by atoms with van der Waals surface area (Å²) in [7, 11) is -3.53. The Morgan fingerprint density at radius 1 is 0.897 bits per heavy atom. The van der Waals surface area contributed by atoms with Crippen LogP contribution in [0, 0.1) is 13.8 Å². The summed E-state index contributed by atoms with van der Waals surface area (Å²) in [6.45, 7) is 5.75. The molecule has 0 saturated carbocycles. The summed E-state index contributed by atoms with van der Waals surface area (Å²) in [5.41, 5.74) is 1.91. The van der Waals surface area contributed by atoms with Crippen LogP contribution in [0.4, 0.5) is 5.82 Å². The number of aromatic nitrogens is 4. The highest BCUT2D eigenvalue weighted by molar-refractivity contribution is 7.89. The van der Waals surface area contributed by atoms with Crippen LogP contribution < -0.4 is 4.90 Å². The van der Waals surface area contributed by atoms with Crippen LogP contribution >= 0.6 is 11.6 Å². The summed E-state index contributed by atoms with van der Waals surface area (Å²) < 4.78 is 28.9. The monoisotopic (exact) mass is 432 g/mol. The normalized spacial score (nSPS) is 15.6. The molecular formula is C19H21ClN6O2S. The van der Waals surface area contributed by atoms with Gasteiger partial charge < -0.3 is 4.90 Å². The number of sulfonamides is 1. The standard InChI is InChI=1S/C19H21ClN6O2S/c1-14-13-15(2)26(23-14)19-8-7-18(21-22-19)24-9-11-25(12-10-24)29(27,28)17-5-3-16(20)4-6-17/h3-8,13H,9-12H2,1-2H3. The number of hydrogen-bond acceptors (Lipinski definition) is 6. The molecule has 1 aliphatic heterocycles. The van der Waals surface area contributed by atoms with Crippen LogP contribution in [0.1, 0.15) is 11.4 Å². The number of piperazine rings is 1. The molecule has 152 valence electrons. The molecule has 0 bridgehead atoms. The smallest absolute Gasteiger partial charge is 0.243 e. The molecule has 2 aromatic heterocycles. The molecule has 3 aromatic rings. The van der Waals surface area contributed by atoms with E-state index < -0.39 is 10.0 Å². The van der Waals surface area contributed by atoms with Gasteiger partial charge in [-0.2, -0.15) is 9.40 Å². The minimum absolute atomic E-state index is 0.254. The summed E-state index contributed by atoms with van der Waals surface area (Å²) >= 11 is 5.86. The Kier molecular flexibility index (Phi) is 5.28. The zero-order chi connectivity index (χ0) is 20.6. The van der Waals surface area contributed by atoms with Crippen molar-refractivity contribution in [1.29, 1.82) is 0 Å². The van der Waals surface area contributed by atoms with E-state index in [-0.39, 0.29) is 4.90 Å². The number of rotatable bonds is 4. The highest BCUT2D eigenvalue weighted by Gasteiger charge is 2.29. The summed E-state index contributed by atoms with van der Waals surface area (Å²) in [5, 5.41) is 13.5. The molecule has 1 saturated heterocycles. The first-order chi connectivity index (χ1) is 13.8. The Labute approximate surface area is 174 Å². The third kappa shape index (κ3) is 3.98. The molecule has 1 aromatic carbocycles. The zero-order valence-corrected chi connectivity index (χ0v) is 17.7. The molecule has 0 aliphatic carbocycles. The summed E-state index contributed by atoms with van der Waals surface area (Å²) in [6.07, 6.45) is 0. The van der Waals surface area contributed by atoms with E-state index in [0.29, 0.717) is 37.0 Å². The van der Waals surface area contributed by atoms with E-state index in [4.69, 9.17) is 11.6 Å². The van der Waals surface area contributed by atoms with E-state index in [1.165, 1.54) is 16.4 Å². The van der Waals surface area contributed by atoms with Crippen LogP contribution in [0.2, 0.25) is 5.02 Å². The molecule has 3 heterocycles.